The Hall–Kier alpha value is -2.75. The molecule has 4 rings (SSSR count). The van der Waals surface area contributed by atoms with Crippen molar-refractivity contribution in [3.05, 3.63) is 63.7 Å². The minimum absolute atomic E-state index is 0.0129. The van der Waals surface area contributed by atoms with Crippen LogP contribution >= 0.6 is 11.6 Å². The number of nitrogens with one attached hydrogen (secondary N) is 2. The molecule has 0 radical (unpaired) electrons. The number of amides is 1. The fraction of sp³-hybridized carbons (Fsp3) is 0.211. The van der Waals surface area contributed by atoms with E-state index in [9.17, 15) is 18.0 Å². The Morgan fingerprint density at radius 3 is 2.69 bits per heavy atom. The molecular formula is C19H17ClN4O4S. The van der Waals surface area contributed by atoms with Crippen LogP contribution in [0.2, 0.25) is 5.02 Å². The van der Waals surface area contributed by atoms with Gasteiger partial charge >= 0.3 is 0 Å². The summed E-state index contributed by atoms with van der Waals surface area (Å²) in [5.74, 6) is 0.196. The first-order valence-electron chi connectivity index (χ1n) is 8.92. The molecule has 0 fully saturated rings. The van der Waals surface area contributed by atoms with Crippen LogP contribution in [0.4, 0.5) is 5.69 Å². The van der Waals surface area contributed by atoms with Crippen molar-refractivity contribution in [3.8, 4) is 0 Å². The van der Waals surface area contributed by atoms with Gasteiger partial charge < -0.3 is 5.32 Å². The Balaban J connectivity index is 1.47. The lowest BCUT2D eigenvalue weighted by Gasteiger charge is -2.09. The number of anilines is 1. The second-order valence-corrected chi connectivity index (χ2v) is 8.85. The van der Waals surface area contributed by atoms with Crippen molar-refractivity contribution in [2.45, 2.75) is 24.3 Å². The predicted octanol–water partition coefficient (Wildman–Crippen LogP) is 1.91. The molecule has 0 unspecified atom stereocenters. The van der Waals surface area contributed by atoms with Crippen LogP contribution in [0.15, 0.2) is 52.2 Å². The molecule has 1 aromatic heterocycles. The Kier molecular flexibility index (Phi) is 5.12. The van der Waals surface area contributed by atoms with Gasteiger partial charge in [-0.2, -0.15) is 0 Å². The van der Waals surface area contributed by atoms with Crippen molar-refractivity contribution in [1.29, 1.82) is 0 Å². The van der Waals surface area contributed by atoms with E-state index >= 15 is 0 Å². The Bertz CT molecular complexity index is 1270. The Morgan fingerprint density at radius 1 is 1.17 bits per heavy atom. The summed E-state index contributed by atoms with van der Waals surface area (Å²) < 4.78 is 28.4. The molecule has 2 aromatic carbocycles. The largest absolute Gasteiger partial charge is 0.325 e. The maximum atomic E-state index is 12.5. The van der Waals surface area contributed by atoms with Gasteiger partial charge in [0.15, 0.2) is 0 Å². The van der Waals surface area contributed by atoms with Gasteiger partial charge in [0, 0.05) is 23.7 Å². The quantitative estimate of drug-likeness (QED) is 0.640. The fourth-order valence-electron chi connectivity index (χ4n) is 3.22. The van der Waals surface area contributed by atoms with Crippen LogP contribution in [0.3, 0.4) is 0 Å². The third kappa shape index (κ3) is 4.02. The number of sulfonamides is 1. The van der Waals surface area contributed by atoms with Crippen molar-refractivity contribution < 1.29 is 13.2 Å². The van der Waals surface area contributed by atoms with E-state index in [1.807, 2.05) is 0 Å². The van der Waals surface area contributed by atoms with Crippen LogP contribution in [0.25, 0.3) is 10.9 Å². The molecule has 150 valence electrons. The van der Waals surface area contributed by atoms with Gasteiger partial charge in [0.05, 0.1) is 22.3 Å². The fourth-order valence-corrected chi connectivity index (χ4v) is 4.33. The Morgan fingerprint density at radius 2 is 1.93 bits per heavy atom. The molecule has 0 saturated carbocycles. The lowest BCUT2D eigenvalue weighted by atomic mass is 10.2. The van der Waals surface area contributed by atoms with Gasteiger partial charge in [0.25, 0.3) is 5.56 Å². The molecule has 1 aliphatic rings. The zero-order valence-electron chi connectivity index (χ0n) is 15.2. The van der Waals surface area contributed by atoms with Crippen LogP contribution in [0, 0.1) is 0 Å². The molecule has 1 aliphatic heterocycles. The van der Waals surface area contributed by atoms with Crippen LogP contribution in [0.1, 0.15) is 12.2 Å². The van der Waals surface area contributed by atoms with Gasteiger partial charge in [-0.05, 0) is 48.9 Å². The summed E-state index contributed by atoms with van der Waals surface area (Å²) in [5.41, 5.74) is 0.849. The first-order chi connectivity index (χ1) is 13.8. The summed E-state index contributed by atoms with van der Waals surface area (Å²) in [5, 5.41) is 3.52. The van der Waals surface area contributed by atoms with Gasteiger partial charge in [-0.3, -0.25) is 14.2 Å². The van der Waals surface area contributed by atoms with E-state index < -0.39 is 22.5 Å². The normalized spacial score (nSPS) is 13.4. The highest BCUT2D eigenvalue weighted by Gasteiger charge is 2.17. The number of fused-ring (bicyclic) bond motifs is 2. The van der Waals surface area contributed by atoms with Gasteiger partial charge in [-0.15, -0.1) is 0 Å². The maximum Gasteiger partial charge on any atom is 0.261 e. The number of nitrogens with zero attached hydrogens (tertiary/aromatic N) is 2. The van der Waals surface area contributed by atoms with Gasteiger partial charge in [-0.25, -0.2) is 18.1 Å². The SMILES string of the molecule is O=C(CNS(=O)(=O)c1ccc(Cl)cc1)Nc1ccc2c(=O)n3c(nc2c1)CCC3. The van der Waals surface area contributed by atoms with Crippen LogP contribution in [0.5, 0.6) is 0 Å². The smallest absolute Gasteiger partial charge is 0.261 e. The van der Waals surface area contributed by atoms with Crippen molar-refractivity contribution in [3.63, 3.8) is 0 Å². The minimum atomic E-state index is -3.84. The molecule has 29 heavy (non-hydrogen) atoms. The number of carbonyl (C=O) groups is 1. The molecule has 0 spiro atoms. The van der Waals surface area contributed by atoms with Gasteiger partial charge in [-0.1, -0.05) is 11.6 Å². The highest BCUT2D eigenvalue weighted by Crippen LogP contribution is 2.18. The van der Waals surface area contributed by atoms with E-state index in [0.29, 0.717) is 28.2 Å². The number of aromatic nitrogens is 2. The predicted molar refractivity (Wildman–Crippen MR) is 110 cm³/mol. The molecule has 0 aliphatic carbocycles. The summed E-state index contributed by atoms with van der Waals surface area (Å²) in [6, 6.07) is 10.4. The second-order valence-electron chi connectivity index (χ2n) is 6.65. The third-order valence-electron chi connectivity index (χ3n) is 4.65. The van der Waals surface area contributed by atoms with Crippen LogP contribution in [-0.4, -0.2) is 30.4 Å². The summed E-state index contributed by atoms with van der Waals surface area (Å²) in [6.07, 6.45) is 1.63. The molecule has 2 heterocycles. The maximum absolute atomic E-state index is 12.5. The molecule has 0 saturated heterocycles. The summed E-state index contributed by atoms with van der Waals surface area (Å²) in [4.78, 5) is 29.2. The monoisotopic (exact) mass is 432 g/mol. The average molecular weight is 433 g/mol. The van der Waals surface area contributed by atoms with Gasteiger partial charge in [0.1, 0.15) is 5.82 Å². The Labute approximate surface area is 171 Å². The molecule has 1 amide bonds. The summed E-state index contributed by atoms with van der Waals surface area (Å²) in [7, 11) is -3.84. The number of rotatable bonds is 5. The molecule has 2 N–H and O–H groups in total. The van der Waals surface area contributed by atoms with Crippen LogP contribution < -0.4 is 15.6 Å². The van der Waals surface area contributed by atoms with Crippen molar-refractivity contribution in [2.24, 2.45) is 0 Å². The third-order valence-corrected chi connectivity index (χ3v) is 6.32. The van der Waals surface area contributed by atoms with E-state index in [4.69, 9.17) is 11.6 Å². The van der Waals surface area contributed by atoms with E-state index in [1.165, 1.54) is 24.3 Å². The molecule has 3 aromatic rings. The molecule has 0 atom stereocenters. The molecular weight excluding hydrogens is 416 g/mol. The van der Waals surface area contributed by atoms with E-state index in [-0.39, 0.29) is 10.5 Å². The zero-order chi connectivity index (χ0) is 20.6. The number of benzene rings is 2. The van der Waals surface area contributed by atoms with E-state index in [2.05, 4.69) is 15.0 Å². The van der Waals surface area contributed by atoms with E-state index in [1.54, 1.807) is 22.8 Å². The summed E-state index contributed by atoms with van der Waals surface area (Å²) in [6.45, 7) is 0.229. The number of hydrogen-bond acceptors (Lipinski definition) is 5. The lowest BCUT2D eigenvalue weighted by Crippen LogP contribution is -2.32. The summed E-state index contributed by atoms with van der Waals surface area (Å²) >= 11 is 5.76. The van der Waals surface area contributed by atoms with Crippen LogP contribution in [-0.2, 0) is 27.8 Å². The average Bonchev–Trinajstić information content (AvgIpc) is 3.16. The standard InChI is InChI=1S/C19H17ClN4O4S/c20-12-3-6-14(7-4-12)29(27,28)21-11-18(25)22-13-5-8-15-16(10-13)23-17-2-1-9-24(17)19(15)26/h3-8,10,21H,1-2,9,11H2,(H,22,25). The first kappa shape index (κ1) is 19.6. The minimum Gasteiger partial charge on any atom is -0.325 e. The van der Waals surface area contributed by atoms with Gasteiger partial charge in [0.2, 0.25) is 15.9 Å². The lowest BCUT2D eigenvalue weighted by molar-refractivity contribution is -0.115. The number of carbonyl (C=O) groups excluding carboxylic acids is 1. The highest BCUT2D eigenvalue weighted by atomic mass is 35.5. The number of halogens is 1. The molecule has 10 heteroatoms. The topological polar surface area (TPSA) is 110 Å². The molecule has 8 nitrogen and oxygen atoms in total. The van der Waals surface area contributed by atoms with E-state index in [0.717, 1.165) is 18.7 Å². The first-order valence-corrected chi connectivity index (χ1v) is 10.8. The van der Waals surface area contributed by atoms with Crippen molar-refractivity contribution in [1.82, 2.24) is 14.3 Å². The molecule has 0 bridgehead atoms. The zero-order valence-corrected chi connectivity index (χ0v) is 16.8. The second kappa shape index (κ2) is 7.58. The van der Waals surface area contributed by atoms with Crippen molar-refractivity contribution >= 4 is 44.1 Å². The number of aryl methyl sites for hydroxylation is 1. The van der Waals surface area contributed by atoms with Crippen molar-refractivity contribution in [2.75, 3.05) is 11.9 Å². The number of hydrogen-bond donors (Lipinski definition) is 2. The highest BCUT2D eigenvalue weighted by molar-refractivity contribution is 7.89.